The Morgan fingerprint density at radius 1 is 1.13 bits per heavy atom. The first-order chi connectivity index (χ1) is 7.03. The average Bonchev–Trinajstić information content (AvgIpc) is 2.28. The topological polar surface area (TPSA) is 44.5 Å². The monoisotopic (exact) mass is 217 g/mol. The van der Waals surface area contributed by atoms with Gasteiger partial charge in [-0.3, -0.25) is 0 Å². The van der Waals surface area contributed by atoms with Gasteiger partial charge in [0.25, 0.3) is 5.92 Å². The van der Waals surface area contributed by atoms with Gasteiger partial charge in [0, 0.05) is 11.6 Å². The van der Waals surface area contributed by atoms with Crippen LogP contribution in [0.3, 0.4) is 0 Å². The van der Waals surface area contributed by atoms with Crippen LogP contribution in [0, 0.1) is 0 Å². The fourth-order valence-electron chi connectivity index (χ4n) is 1.14. The van der Waals surface area contributed by atoms with Crippen LogP contribution in [0.5, 0.6) is 11.5 Å². The Morgan fingerprint density at radius 3 is 1.93 bits per heavy atom. The van der Waals surface area contributed by atoms with Gasteiger partial charge in [0.2, 0.25) is 0 Å². The molecule has 2 N–H and O–H groups in total. The van der Waals surface area contributed by atoms with E-state index in [1.54, 1.807) is 0 Å². The first-order valence-electron chi connectivity index (χ1n) is 4.35. The normalized spacial score (nSPS) is 11.3. The van der Waals surface area contributed by atoms with E-state index in [2.05, 4.69) is 0 Å². The molecule has 0 saturated carbocycles. The van der Waals surface area contributed by atoms with E-state index in [0.717, 1.165) is 0 Å². The predicted molar refractivity (Wildman–Crippen MR) is 52.5 cm³/mol. The van der Waals surface area contributed by atoms with Crippen molar-refractivity contribution in [2.24, 2.45) is 5.73 Å². The smallest absolute Gasteiger partial charge is 0.285 e. The molecule has 0 aromatic heterocycles. The van der Waals surface area contributed by atoms with Crippen LogP contribution < -0.4 is 15.2 Å². The van der Waals surface area contributed by atoms with E-state index in [0.29, 0.717) is 11.5 Å². The van der Waals surface area contributed by atoms with Crippen LogP contribution in [0.2, 0.25) is 0 Å². The minimum absolute atomic E-state index is 0.207. The number of hydrogen-bond donors (Lipinski definition) is 1. The van der Waals surface area contributed by atoms with Crippen LogP contribution in [0.25, 0.3) is 0 Å². The van der Waals surface area contributed by atoms with E-state index in [1.807, 2.05) is 0 Å². The molecule has 0 radical (unpaired) electrons. The molecule has 15 heavy (non-hydrogen) atoms. The second-order valence-electron chi connectivity index (χ2n) is 3.01. The third-order valence-electron chi connectivity index (χ3n) is 2.03. The zero-order valence-corrected chi connectivity index (χ0v) is 8.59. The highest BCUT2D eigenvalue weighted by atomic mass is 19.3. The van der Waals surface area contributed by atoms with Crippen molar-refractivity contribution in [3.05, 3.63) is 23.8 Å². The summed E-state index contributed by atoms with van der Waals surface area (Å²) in [5.41, 5.74) is 4.78. The van der Waals surface area contributed by atoms with E-state index < -0.39 is 12.5 Å². The molecule has 0 saturated heterocycles. The van der Waals surface area contributed by atoms with Gasteiger partial charge in [0.05, 0.1) is 20.8 Å². The Balaban J connectivity index is 3.18. The number of methoxy groups -OCH3 is 2. The third-order valence-corrected chi connectivity index (χ3v) is 2.03. The Kier molecular flexibility index (Phi) is 3.47. The molecule has 0 fully saturated rings. The van der Waals surface area contributed by atoms with Crippen molar-refractivity contribution in [3.8, 4) is 11.5 Å². The number of nitrogens with two attached hydrogens (primary N) is 1. The molecule has 84 valence electrons. The number of alkyl halides is 2. The predicted octanol–water partition coefficient (Wildman–Crippen LogP) is 1.75. The second-order valence-corrected chi connectivity index (χ2v) is 3.01. The highest BCUT2D eigenvalue weighted by Crippen LogP contribution is 2.32. The molecular weight excluding hydrogens is 204 g/mol. The highest BCUT2D eigenvalue weighted by Gasteiger charge is 2.30. The molecule has 1 aromatic carbocycles. The molecule has 0 atom stereocenters. The van der Waals surface area contributed by atoms with Crippen molar-refractivity contribution in [1.29, 1.82) is 0 Å². The Hall–Kier alpha value is -1.36. The molecule has 0 spiro atoms. The summed E-state index contributed by atoms with van der Waals surface area (Å²) in [5.74, 6) is -2.43. The van der Waals surface area contributed by atoms with E-state index in [-0.39, 0.29) is 5.56 Å². The highest BCUT2D eigenvalue weighted by molar-refractivity contribution is 5.40. The lowest BCUT2D eigenvalue weighted by molar-refractivity contribution is 0.00555. The van der Waals surface area contributed by atoms with Crippen molar-refractivity contribution in [1.82, 2.24) is 0 Å². The quantitative estimate of drug-likeness (QED) is 0.835. The van der Waals surface area contributed by atoms with E-state index in [9.17, 15) is 8.78 Å². The standard InChI is InChI=1S/C10H13F2NO2/c1-14-8-3-7(10(11,12)6-13)4-9(5-8)15-2/h3-5H,6,13H2,1-2H3. The zero-order chi connectivity index (χ0) is 11.5. The van der Waals surface area contributed by atoms with Gasteiger partial charge in [-0.25, -0.2) is 0 Å². The molecule has 3 nitrogen and oxygen atoms in total. The van der Waals surface area contributed by atoms with Gasteiger partial charge in [-0.2, -0.15) is 8.78 Å². The first kappa shape index (κ1) is 11.7. The van der Waals surface area contributed by atoms with Crippen molar-refractivity contribution >= 4 is 0 Å². The van der Waals surface area contributed by atoms with Gasteiger partial charge in [-0.15, -0.1) is 0 Å². The van der Waals surface area contributed by atoms with Crippen molar-refractivity contribution in [2.45, 2.75) is 5.92 Å². The van der Waals surface area contributed by atoms with Gasteiger partial charge < -0.3 is 15.2 Å². The number of rotatable bonds is 4. The fraction of sp³-hybridized carbons (Fsp3) is 0.400. The Morgan fingerprint density at radius 2 is 1.60 bits per heavy atom. The van der Waals surface area contributed by atoms with Gasteiger partial charge in [0.1, 0.15) is 11.5 Å². The summed E-state index contributed by atoms with van der Waals surface area (Å²) in [6.45, 7) is -0.747. The summed E-state index contributed by atoms with van der Waals surface area (Å²) >= 11 is 0. The number of hydrogen-bond acceptors (Lipinski definition) is 3. The number of ether oxygens (including phenoxy) is 2. The largest absolute Gasteiger partial charge is 0.497 e. The lowest BCUT2D eigenvalue weighted by Crippen LogP contribution is -2.25. The minimum Gasteiger partial charge on any atom is -0.497 e. The third kappa shape index (κ3) is 2.56. The number of benzene rings is 1. The maximum atomic E-state index is 13.3. The maximum absolute atomic E-state index is 13.3. The summed E-state index contributed by atoms with van der Waals surface area (Å²) in [7, 11) is 2.80. The van der Waals surface area contributed by atoms with Crippen LogP contribution in [0.15, 0.2) is 18.2 Å². The molecular formula is C10H13F2NO2. The van der Waals surface area contributed by atoms with E-state index in [4.69, 9.17) is 15.2 Å². The minimum atomic E-state index is -3.07. The summed E-state index contributed by atoms with van der Waals surface area (Å²) in [4.78, 5) is 0. The van der Waals surface area contributed by atoms with E-state index in [1.165, 1.54) is 32.4 Å². The van der Waals surface area contributed by atoms with Gasteiger partial charge in [-0.05, 0) is 12.1 Å². The summed E-state index contributed by atoms with van der Waals surface area (Å²) < 4.78 is 36.3. The molecule has 5 heteroatoms. The van der Waals surface area contributed by atoms with Crippen molar-refractivity contribution < 1.29 is 18.3 Å². The number of halogens is 2. The van der Waals surface area contributed by atoms with Crippen LogP contribution in [-0.2, 0) is 5.92 Å². The molecule has 1 rings (SSSR count). The summed E-state index contributed by atoms with van der Waals surface area (Å²) in [6.07, 6.45) is 0. The lowest BCUT2D eigenvalue weighted by Gasteiger charge is -2.16. The Labute approximate surface area is 86.8 Å². The van der Waals surface area contributed by atoms with E-state index >= 15 is 0 Å². The molecule has 0 unspecified atom stereocenters. The molecule has 0 amide bonds. The fourth-order valence-corrected chi connectivity index (χ4v) is 1.14. The van der Waals surface area contributed by atoms with Crippen LogP contribution in [0.1, 0.15) is 5.56 Å². The first-order valence-corrected chi connectivity index (χ1v) is 4.35. The van der Waals surface area contributed by atoms with Gasteiger partial charge in [-0.1, -0.05) is 0 Å². The van der Waals surface area contributed by atoms with Crippen LogP contribution in [-0.4, -0.2) is 20.8 Å². The van der Waals surface area contributed by atoms with Crippen LogP contribution in [0.4, 0.5) is 8.78 Å². The maximum Gasteiger partial charge on any atom is 0.285 e. The zero-order valence-electron chi connectivity index (χ0n) is 8.59. The lowest BCUT2D eigenvalue weighted by atomic mass is 10.1. The molecule has 0 aliphatic heterocycles. The van der Waals surface area contributed by atoms with Gasteiger partial charge in [0.15, 0.2) is 0 Å². The van der Waals surface area contributed by atoms with Crippen LogP contribution >= 0.6 is 0 Å². The summed E-state index contributed by atoms with van der Waals surface area (Å²) in [6, 6.07) is 4.01. The molecule has 0 aliphatic carbocycles. The van der Waals surface area contributed by atoms with Crippen molar-refractivity contribution in [3.63, 3.8) is 0 Å². The Bertz CT molecular complexity index is 320. The van der Waals surface area contributed by atoms with Gasteiger partial charge >= 0.3 is 0 Å². The average molecular weight is 217 g/mol. The van der Waals surface area contributed by atoms with Crippen molar-refractivity contribution in [2.75, 3.05) is 20.8 Å². The molecule has 1 aromatic rings. The molecule has 0 aliphatic rings. The SMILES string of the molecule is COc1cc(OC)cc(C(F)(F)CN)c1. The second kappa shape index (κ2) is 4.44. The molecule has 0 heterocycles. The summed E-state index contributed by atoms with van der Waals surface area (Å²) in [5, 5.41) is 0. The molecule has 0 bridgehead atoms.